The summed E-state index contributed by atoms with van der Waals surface area (Å²) in [4.78, 5) is 4.40. The molecule has 0 saturated heterocycles. The summed E-state index contributed by atoms with van der Waals surface area (Å²) in [6.07, 6.45) is 1.76. The van der Waals surface area contributed by atoms with Crippen LogP contribution in [0.3, 0.4) is 0 Å². The number of aromatic nitrogens is 1. The molecular weight excluding hydrogens is 226 g/mol. The highest BCUT2D eigenvalue weighted by molar-refractivity contribution is 5.88. The minimum Gasteiger partial charge on any atom is -0.492 e. The SMILES string of the molecule is CCOc1ccc(C(C)(C)CO)c2cccnc12. The average molecular weight is 245 g/mol. The number of aliphatic hydroxyl groups excluding tert-OH is 1. The molecule has 3 heteroatoms. The van der Waals surface area contributed by atoms with E-state index in [2.05, 4.69) is 4.98 Å². The second kappa shape index (κ2) is 4.94. The molecule has 0 aliphatic rings. The topological polar surface area (TPSA) is 42.4 Å². The first-order valence-electron chi connectivity index (χ1n) is 6.22. The monoisotopic (exact) mass is 245 g/mol. The van der Waals surface area contributed by atoms with Crippen molar-refractivity contribution in [2.75, 3.05) is 13.2 Å². The number of rotatable bonds is 4. The Morgan fingerprint density at radius 1 is 1.28 bits per heavy atom. The van der Waals surface area contributed by atoms with E-state index in [-0.39, 0.29) is 12.0 Å². The number of nitrogens with zero attached hydrogens (tertiary/aromatic N) is 1. The Labute approximate surface area is 107 Å². The predicted molar refractivity (Wildman–Crippen MR) is 73.0 cm³/mol. The van der Waals surface area contributed by atoms with Gasteiger partial charge in [0.25, 0.3) is 0 Å². The molecule has 0 amide bonds. The molecule has 0 atom stereocenters. The van der Waals surface area contributed by atoms with Crippen LogP contribution in [0, 0.1) is 0 Å². The molecule has 0 radical (unpaired) electrons. The summed E-state index contributed by atoms with van der Waals surface area (Å²) in [5.41, 5.74) is 1.67. The molecule has 0 unspecified atom stereocenters. The zero-order valence-corrected chi connectivity index (χ0v) is 11.1. The number of hydrogen-bond donors (Lipinski definition) is 1. The Balaban J connectivity index is 2.68. The summed E-state index contributed by atoms with van der Waals surface area (Å²) in [6, 6.07) is 7.89. The second-order valence-corrected chi connectivity index (χ2v) is 4.99. The van der Waals surface area contributed by atoms with Crippen LogP contribution < -0.4 is 4.74 Å². The molecule has 0 aliphatic heterocycles. The minimum atomic E-state index is -0.286. The Kier molecular flexibility index (Phi) is 3.53. The molecule has 1 heterocycles. The molecule has 1 aromatic carbocycles. The van der Waals surface area contributed by atoms with Gasteiger partial charge in [0.1, 0.15) is 11.3 Å². The van der Waals surface area contributed by atoms with Crippen molar-refractivity contribution >= 4 is 10.9 Å². The van der Waals surface area contributed by atoms with Gasteiger partial charge in [-0.15, -0.1) is 0 Å². The fourth-order valence-electron chi connectivity index (χ4n) is 2.09. The summed E-state index contributed by atoms with van der Waals surface area (Å²) in [6.45, 7) is 6.73. The molecule has 2 aromatic rings. The van der Waals surface area contributed by atoms with Gasteiger partial charge in [-0.25, -0.2) is 0 Å². The van der Waals surface area contributed by atoms with Gasteiger partial charge in [-0.1, -0.05) is 26.0 Å². The van der Waals surface area contributed by atoms with Gasteiger partial charge in [-0.2, -0.15) is 0 Å². The molecule has 0 aliphatic carbocycles. The van der Waals surface area contributed by atoms with E-state index in [1.54, 1.807) is 6.20 Å². The van der Waals surface area contributed by atoms with Crippen LogP contribution in [0.1, 0.15) is 26.3 Å². The highest BCUT2D eigenvalue weighted by atomic mass is 16.5. The first-order valence-corrected chi connectivity index (χ1v) is 6.22. The number of pyridine rings is 1. The summed E-state index contributed by atoms with van der Waals surface area (Å²) in [7, 11) is 0. The number of fused-ring (bicyclic) bond motifs is 1. The lowest BCUT2D eigenvalue weighted by atomic mass is 9.83. The van der Waals surface area contributed by atoms with E-state index in [0.717, 1.165) is 22.2 Å². The molecule has 0 saturated carbocycles. The Morgan fingerprint density at radius 2 is 2.06 bits per heavy atom. The average Bonchev–Trinajstić information content (AvgIpc) is 2.39. The van der Waals surface area contributed by atoms with Gasteiger partial charge in [0.15, 0.2) is 0 Å². The van der Waals surface area contributed by atoms with Gasteiger partial charge in [0.05, 0.1) is 13.2 Å². The van der Waals surface area contributed by atoms with Crippen molar-refractivity contribution in [3.8, 4) is 5.75 Å². The van der Waals surface area contributed by atoms with E-state index >= 15 is 0 Å². The number of benzene rings is 1. The maximum atomic E-state index is 9.53. The summed E-state index contributed by atoms with van der Waals surface area (Å²) in [5, 5.41) is 10.6. The third-order valence-electron chi connectivity index (χ3n) is 3.16. The van der Waals surface area contributed by atoms with Gasteiger partial charge in [-0.3, -0.25) is 4.98 Å². The fourth-order valence-corrected chi connectivity index (χ4v) is 2.09. The molecule has 0 fully saturated rings. The molecule has 0 spiro atoms. The van der Waals surface area contributed by atoms with Crippen LogP contribution in [-0.4, -0.2) is 23.3 Å². The zero-order valence-electron chi connectivity index (χ0n) is 11.1. The summed E-state index contributed by atoms with van der Waals surface area (Å²) >= 11 is 0. The van der Waals surface area contributed by atoms with Crippen LogP contribution in [0.2, 0.25) is 0 Å². The fraction of sp³-hybridized carbons (Fsp3) is 0.400. The second-order valence-electron chi connectivity index (χ2n) is 4.99. The van der Waals surface area contributed by atoms with Crippen LogP contribution in [0.25, 0.3) is 10.9 Å². The molecule has 2 rings (SSSR count). The smallest absolute Gasteiger partial charge is 0.145 e. The third-order valence-corrected chi connectivity index (χ3v) is 3.16. The van der Waals surface area contributed by atoms with Gasteiger partial charge in [0.2, 0.25) is 0 Å². The maximum absolute atomic E-state index is 9.53. The largest absolute Gasteiger partial charge is 0.492 e. The first-order chi connectivity index (χ1) is 8.60. The van der Waals surface area contributed by atoms with Crippen LogP contribution in [0.15, 0.2) is 30.5 Å². The molecule has 3 nitrogen and oxygen atoms in total. The van der Waals surface area contributed by atoms with Gasteiger partial charge in [-0.05, 0) is 24.6 Å². The van der Waals surface area contributed by atoms with E-state index in [0.29, 0.717) is 6.61 Å². The van der Waals surface area contributed by atoms with Crippen LogP contribution in [-0.2, 0) is 5.41 Å². The number of aliphatic hydroxyl groups is 1. The molecular formula is C15H19NO2. The highest BCUT2D eigenvalue weighted by Crippen LogP contribution is 2.33. The van der Waals surface area contributed by atoms with E-state index in [9.17, 15) is 5.11 Å². The molecule has 96 valence electrons. The van der Waals surface area contributed by atoms with Crippen molar-refractivity contribution in [2.24, 2.45) is 0 Å². The van der Waals surface area contributed by atoms with Crippen molar-refractivity contribution in [1.82, 2.24) is 4.98 Å². The van der Waals surface area contributed by atoms with Gasteiger partial charge < -0.3 is 9.84 Å². The van der Waals surface area contributed by atoms with Crippen molar-refractivity contribution in [3.05, 3.63) is 36.0 Å². The number of ether oxygens (including phenoxy) is 1. The Hall–Kier alpha value is -1.61. The molecule has 18 heavy (non-hydrogen) atoms. The normalized spacial score (nSPS) is 11.8. The van der Waals surface area contributed by atoms with Crippen molar-refractivity contribution in [2.45, 2.75) is 26.2 Å². The minimum absolute atomic E-state index is 0.102. The Morgan fingerprint density at radius 3 is 2.72 bits per heavy atom. The van der Waals surface area contributed by atoms with Crippen LogP contribution in [0.4, 0.5) is 0 Å². The van der Waals surface area contributed by atoms with Crippen LogP contribution >= 0.6 is 0 Å². The third kappa shape index (κ3) is 2.18. The van der Waals surface area contributed by atoms with Crippen molar-refractivity contribution < 1.29 is 9.84 Å². The summed E-state index contributed by atoms with van der Waals surface area (Å²) < 4.78 is 5.60. The first kappa shape index (κ1) is 12.8. The van der Waals surface area contributed by atoms with E-state index in [4.69, 9.17) is 4.74 Å². The van der Waals surface area contributed by atoms with E-state index < -0.39 is 0 Å². The molecule has 0 bridgehead atoms. The standard InChI is InChI=1S/C15H19NO2/c1-4-18-13-8-7-12(15(2,3)10-17)11-6-5-9-16-14(11)13/h5-9,17H,4,10H2,1-3H3. The number of hydrogen-bond acceptors (Lipinski definition) is 3. The Bertz CT molecular complexity index is 549. The lowest BCUT2D eigenvalue weighted by molar-refractivity contribution is 0.219. The molecule has 1 N–H and O–H groups in total. The summed E-state index contributed by atoms with van der Waals surface area (Å²) in [5.74, 6) is 0.797. The van der Waals surface area contributed by atoms with Gasteiger partial charge >= 0.3 is 0 Å². The van der Waals surface area contributed by atoms with E-state index in [1.807, 2.05) is 45.0 Å². The maximum Gasteiger partial charge on any atom is 0.145 e. The van der Waals surface area contributed by atoms with Crippen molar-refractivity contribution in [1.29, 1.82) is 0 Å². The van der Waals surface area contributed by atoms with Crippen LogP contribution in [0.5, 0.6) is 5.75 Å². The predicted octanol–water partition coefficient (Wildman–Crippen LogP) is 2.90. The lowest BCUT2D eigenvalue weighted by Crippen LogP contribution is -2.22. The van der Waals surface area contributed by atoms with E-state index in [1.165, 1.54) is 0 Å². The van der Waals surface area contributed by atoms with Crippen molar-refractivity contribution in [3.63, 3.8) is 0 Å². The quantitative estimate of drug-likeness (QED) is 0.900. The molecule has 1 aromatic heterocycles. The lowest BCUT2D eigenvalue weighted by Gasteiger charge is -2.24. The zero-order chi connectivity index (χ0) is 13.2. The highest BCUT2D eigenvalue weighted by Gasteiger charge is 2.23. The van der Waals surface area contributed by atoms with Gasteiger partial charge in [0, 0.05) is 17.0 Å².